The van der Waals surface area contributed by atoms with E-state index in [1.54, 1.807) is 0 Å². The van der Waals surface area contributed by atoms with Crippen LogP contribution >= 0.6 is 0 Å². The van der Waals surface area contributed by atoms with Crippen LogP contribution in [0.4, 0.5) is 0 Å². The molecule has 0 aromatic carbocycles. The number of carbonyl (C=O) groups excluding carboxylic acids is 1. The van der Waals surface area contributed by atoms with Crippen molar-refractivity contribution in [2.45, 2.75) is 51.6 Å². The molecule has 0 aliphatic carbocycles. The van der Waals surface area contributed by atoms with Gasteiger partial charge in [-0.1, -0.05) is 6.92 Å². The van der Waals surface area contributed by atoms with Crippen molar-refractivity contribution in [2.75, 3.05) is 0 Å². The molecular formula is C10H17NO. The van der Waals surface area contributed by atoms with Gasteiger partial charge >= 0.3 is 0 Å². The van der Waals surface area contributed by atoms with Crippen molar-refractivity contribution in [3.05, 3.63) is 0 Å². The maximum absolute atomic E-state index is 11.5. The SMILES string of the molecule is C[C@@H]1C[C@H]2CCC(=O)N2[C@@H](C)C1. The summed E-state index contributed by atoms with van der Waals surface area (Å²) < 4.78 is 0. The van der Waals surface area contributed by atoms with Crippen molar-refractivity contribution < 1.29 is 4.79 Å². The lowest BCUT2D eigenvalue weighted by atomic mass is 9.89. The minimum Gasteiger partial charge on any atom is -0.337 e. The normalized spacial score (nSPS) is 41.7. The minimum atomic E-state index is 0.388. The Kier molecular flexibility index (Phi) is 1.85. The van der Waals surface area contributed by atoms with Gasteiger partial charge in [-0.05, 0) is 32.1 Å². The second kappa shape index (κ2) is 2.75. The fraction of sp³-hybridized carbons (Fsp3) is 0.900. The van der Waals surface area contributed by atoms with Gasteiger partial charge < -0.3 is 4.90 Å². The zero-order valence-corrected chi connectivity index (χ0v) is 7.92. The van der Waals surface area contributed by atoms with Crippen LogP contribution in [0.3, 0.4) is 0 Å². The molecule has 0 aromatic heterocycles. The van der Waals surface area contributed by atoms with Gasteiger partial charge in [0.1, 0.15) is 0 Å². The average molecular weight is 167 g/mol. The molecule has 2 rings (SSSR count). The second-order valence-electron chi connectivity index (χ2n) is 4.42. The fourth-order valence-electron chi connectivity index (χ4n) is 2.86. The lowest BCUT2D eigenvalue weighted by Crippen LogP contribution is -2.45. The third kappa shape index (κ3) is 1.13. The van der Waals surface area contributed by atoms with Crippen molar-refractivity contribution in [3.63, 3.8) is 0 Å². The van der Waals surface area contributed by atoms with Crippen LogP contribution in [0.25, 0.3) is 0 Å². The summed E-state index contributed by atoms with van der Waals surface area (Å²) >= 11 is 0. The van der Waals surface area contributed by atoms with E-state index in [9.17, 15) is 4.79 Å². The van der Waals surface area contributed by atoms with Gasteiger partial charge in [-0.3, -0.25) is 4.79 Å². The zero-order chi connectivity index (χ0) is 8.72. The van der Waals surface area contributed by atoms with E-state index < -0.39 is 0 Å². The van der Waals surface area contributed by atoms with E-state index in [2.05, 4.69) is 18.7 Å². The molecule has 2 heterocycles. The third-order valence-electron chi connectivity index (χ3n) is 3.27. The molecular weight excluding hydrogens is 150 g/mol. The van der Waals surface area contributed by atoms with Gasteiger partial charge in [0.25, 0.3) is 0 Å². The van der Waals surface area contributed by atoms with Crippen LogP contribution in [0.5, 0.6) is 0 Å². The van der Waals surface area contributed by atoms with Gasteiger partial charge in [-0.15, -0.1) is 0 Å². The number of carbonyl (C=O) groups is 1. The lowest BCUT2D eigenvalue weighted by molar-refractivity contribution is -0.132. The number of fused-ring (bicyclic) bond motifs is 1. The smallest absolute Gasteiger partial charge is 0.223 e. The Bertz CT molecular complexity index is 202. The highest BCUT2D eigenvalue weighted by molar-refractivity contribution is 5.79. The van der Waals surface area contributed by atoms with E-state index in [-0.39, 0.29) is 0 Å². The predicted molar refractivity (Wildman–Crippen MR) is 47.7 cm³/mol. The summed E-state index contributed by atoms with van der Waals surface area (Å²) in [5.41, 5.74) is 0. The highest BCUT2D eigenvalue weighted by atomic mass is 16.2. The maximum atomic E-state index is 11.5. The van der Waals surface area contributed by atoms with E-state index >= 15 is 0 Å². The standard InChI is InChI=1S/C10H17NO/c1-7-5-8(2)11-9(6-7)3-4-10(11)12/h7-9H,3-6H2,1-2H3/t7-,8-,9+/m0/s1. The lowest BCUT2D eigenvalue weighted by Gasteiger charge is -2.39. The molecule has 0 unspecified atom stereocenters. The Balaban J connectivity index is 2.14. The molecule has 0 saturated carbocycles. The summed E-state index contributed by atoms with van der Waals surface area (Å²) in [7, 11) is 0. The quantitative estimate of drug-likeness (QED) is 0.538. The highest BCUT2D eigenvalue weighted by Crippen LogP contribution is 2.34. The first-order chi connectivity index (χ1) is 5.68. The van der Waals surface area contributed by atoms with Crippen LogP contribution in [-0.2, 0) is 4.79 Å². The van der Waals surface area contributed by atoms with Crippen molar-refractivity contribution in [1.82, 2.24) is 4.90 Å². The molecule has 2 saturated heterocycles. The van der Waals surface area contributed by atoms with Gasteiger partial charge in [0.05, 0.1) is 0 Å². The molecule has 0 radical (unpaired) electrons. The van der Waals surface area contributed by atoms with E-state index in [0.717, 1.165) is 18.8 Å². The Morgan fingerprint density at radius 2 is 2.08 bits per heavy atom. The first kappa shape index (κ1) is 8.09. The molecule has 1 amide bonds. The summed E-state index contributed by atoms with van der Waals surface area (Å²) in [5.74, 6) is 1.20. The van der Waals surface area contributed by atoms with Crippen molar-refractivity contribution in [1.29, 1.82) is 0 Å². The van der Waals surface area contributed by atoms with E-state index in [1.165, 1.54) is 12.8 Å². The monoisotopic (exact) mass is 167 g/mol. The molecule has 0 N–H and O–H groups in total. The molecule has 68 valence electrons. The van der Waals surface area contributed by atoms with Crippen molar-refractivity contribution in [3.8, 4) is 0 Å². The summed E-state index contributed by atoms with van der Waals surface area (Å²) in [6.07, 6.45) is 4.33. The molecule has 2 fully saturated rings. The Morgan fingerprint density at radius 3 is 2.83 bits per heavy atom. The van der Waals surface area contributed by atoms with Gasteiger partial charge in [0, 0.05) is 18.5 Å². The number of piperidine rings is 1. The van der Waals surface area contributed by atoms with Crippen LogP contribution in [0, 0.1) is 5.92 Å². The van der Waals surface area contributed by atoms with Crippen LogP contribution in [0.2, 0.25) is 0 Å². The molecule has 2 nitrogen and oxygen atoms in total. The van der Waals surface area contributed by atoms with Crippen molar-refractivity contribution in [2.24, 2.45) is 5.92 Å². The summed E-state index contributed by atoms with van der Waals surface area (Å²) in [4.78, 5) is 13.6. The van der Waals surface area contributed by atoms with Crippen LogP contribution in [0.1, 0.15) is 39.5 Å². The predicted octanol–water partition coefficient (Wildman–Crippen LogP) is 1.80. The van der Waals surface area contributed by atoms with Crippen LogP contribution in [-0.4, -0.2) is 22.9 Å². The Hall–Kier alpha value is -0.530. The zero-order valence-electron chi connectivity index (χ0n) is 7.92. The molecule has 2 aliphatic rings. The number of rotatable bonds is 0. The Labute approximate surface area is 73.9 Å². The average Bonchev–Trinajstić information content (AvgIpc) is 2.31. The molecule has 2 heteroatoms. The third-order valence-corrected chi connectivity index (χ3v) is 3.27. The molecule has 0 spiro atoms. The van der Waals surface area contributed by atoms with E-state index in [4.69, 9.17) is 0 Å². The number of nitrogens with zero attached hydrogens (tertiary/aromatic N) is 1. The fourth-order valence-corrected chi connectivity index (χ4v) is 2.86. The summed E-state index contributed by atoms with van der Waals surface area (Å²) in [5, 5.41) is 0. The van der Waals surface area contributed by atoms with Crippen LogP contribution in [0.15, 0.2) is 0 Å². The summed E-state index contributed by atoms with van der Waals surface area (Å²) in [6.45, 7) is 4.49. The van der Waals surface area contributed by atoms with Crippen molar-refractivity contribution >= 4 is 5.91 Å². The van der Waals surface area contributed by atoms with Gasteiger partial charge in [0.2, 0.25) is 5.91 Å². The largest absolute Gasteiger partial charge is 0.337 e. The first-order valence-electron chi connectivity index (χ1n) is 4.99. The van der Waals surface area contributed by atoms with E-state index in [0.29, 0.717) is 18.0 Å². The molecule has 3 atom stereocenters. The number of amides is 1. The highest BCUT2D eigenvalue weighted by Gasteiger charge is 2.38. The molecule has 2 aliphatic heterocycles. The topological polar surface area (TPSA) is 20.3 Å². The molecule has 0 aromatic rings. The first-order valence-corrected chi connectivity index (χ1v) is 4.99. The van der Waals surface area contributed by atoms with Gasteiger partial charge in [-0.2, -0.15) is 0 Å². The van der Waals surface area contributed by atoms with Crippen LogP contribution < -0.4 is 0 Å². The number of hydrogen-bond donors (Lipinski definition) is 0. The minimum absolute atomic E-state index is 0.388. The molecule has 0 bridgehead atoms. The second-order valence-corrected chi connectivity index (χ2v) is 4.42. The van der Waals surface area contributed by atoms with Gasteiger partial charge in [0.15, 0.2) is 0 Å². The van der Waals surface area contributed by atoms with Gasteiger partial charge in [-0.25, -0.2) is 0 Å². The number of hydrogen-bond acceptors (Lipinski definition) is 1. The summed E-state index contributed by atoms with van der Waals surface area (Å²) in [6, 6.07) is 1.07. The maximum Gasteiger partial charge on any atom is 0.223 e. The molecule has 12 heavy (non-hydrogen) atoms. The van der Waals surface area contributed by atoms with E-state index in [1.807, 2.05) is 0 Å². The Morgan fingerprint density at radius 1 is 1.33 bits per heavy atom.